The lowest BCUT2D eigenvalue weighted by Gasteiger charge is -1.99. The fraction of sp³-hybridized carbons (Fsp3) is 0.250. The zero-order valence-electron chi connectivity index (χ0n) is 8.68. The van der Waals surface area contributed by atoms with E-state index in [0.717, 1.165) is 12.1 Å². The molecule has 0 fully saturated rings. The molecule has 1 aromatic rings. The zero-order valence-corrected chi connectivity index (χ0v) is 8.68. The number of Topliss-reactive ketones (excluding diaryl/α,β-unsaturated/α-hetero) is 1. The fourth-order valence-corrected chi connectivity index (χ4v) is 1.21. The van der Waals surface area contributed by atoms with Crippen LogP contribution in [0.25, 0.3) is 6.08 Å². The molecule has 1 rings (SSSR count). The molecule has 1 aromatic carbocycles. The Kier molecular flexibility index (Phi) is 3.72. The van der Waals surface area contributed by atoms with Gasteiger partial charge in [-0.05, 0) is 36.3 Å². The number of benzene rings is 1. The summed E-state index contributed by atoms with van der Waals surface area (Å²) in [5, 5.41) is 0. The first kappa shape index (κ1) is 11.6. The van der Waals surface area contributed by atoms with E-state index in [2.05, 4.69) is 0 Å². The van der Waals surface area contributed by atoms with E-state index in [9.17, 15) is 13.6 Å². The third-order valence-corrected chi connectivity index (χ3v) is 2.09. The molecule has 0 saturated carbocycles. The molecular formula is C12H12F2O. The lowest BCUT2D eigenvalue weighted by Crippen LogP contribution is -1.96. The van der Waals surface area contributed by atoms with Crippen LogP contribution in [0.3, 0.4) is 0 Å². The van der Waals surface area contributed by atoms with Gasteiger partial charge in [0.2, 0.25) is 0 Å². The van der Waals surface area contributed by atoms with E-state index in [1.807, 2.05) is 0 Å². The van der Waals surface area contributed by atoms with Crippen molar-refractivity contribution in [2.45, 2.75) is 20.3 Å². The Hall–Kier alpha value is -1.51. The Morgan fingerprint density at radius 3 is 2.53 bits per heavy atom. The maximum Gasteiger partial charge on any atom is 0.159 e. The third kappa shape index (κ3) is 2.98. The van der Waals surface area contributed by atoms with Crippen molar-refractivity contribution in [2.75, 3.05) is 0 Å². The topological polar surface area (TPSA) is 17.1 Å². The molecule has 0 aliphatic rings. The van der Waals surface area contributed by atoms with Crippen LogP contribution in [0.4, 0.5) is 8.78 Å². The third-order valence-electron chi connectivity index (χ3n) is 2.09. The SMILES string of the molecule is CCC(=O)C(C)=Cc1ccc(F)c(F)c1. The molecular weight excluding hydrogens is 198 g/mol. The van der Waals surface area contributed by atoms with Crippen LogP contribution in [0.15, 0.2) is 23.8 Å². The number of allylic oxidation sites excluding steroid dienone is 1. The number of halogens is 2. The summed E-state index contributed by atoms with van der Waals surface area (Å²) >= 11 is 0. The van der Waals surface area contributed by atoms with Gasteiger partial charge in [0.05, 0.1) is 0 Å². The molecule has 0 aliphatic carbocycles. The van der Waals surface area contributed by atoms with Crippen molar-refractivity contribution in [2.24, 2.45) is 0 Å². The van der Waals surface area contributed by atoms with E-state index in [1.165, 1.54) is 6.07 Å². The molecule has 1 nitrogen and oxygen atoms in total. The molecule has 0 aliphatic heterocycles. The molecule has 0 unspecified atom stereocenters. The monoisotopic (exact) mass is 210 g/mol. The summed E-state index contributed by atoms with van der Waals surface area (Å²) in [6, 6.07) is 3.55. The highest BCUT2D eigenvalue weighted by Gasteiger charge is 2.03. The Bertz CT molecular complexity index is 408. The number of rotatable bonds is 3. The molecule has 15 heavy (non-hydrogen) atoms. The standard InChI is InChI=1S/C12H12F2O/c1-3-12(15)8(2)6-9-4-5-10(13)11(14)7-9/h4-7H,3H2,1-2H3. The number of ketones is 1. The van der Waals surface area contributed by atoms with Gasteiger partial charge < -0.3 is 0 Å². The van der Waals surface area contributed by atoms with E-state index < -0.39 is 11.6 Å². The number of carbonyl (C=O) groups is 1. The van der Waals surface area contributed by atoms with Crippen LogP contribution >= 0.6 is 0 Å². The summed E-state index contributed by atoms with van der Waals surface area (Å²) in [5.41, 5.74) is 1.04. The largest absolute Gasteiger partial charge is 0.295 e. The molecule has 0 amide bonds. The highest BCUT2D eigenvalue weighted by Crippen LogP contribution is 2.12. The van der Waals surface area contributed by atoms with Gasteiger partial charge >= 0.3 is 0 Å². The Balaban J connectivity index is 2.98. The molecule has 0 saturated heterocycles. The van der Waals surface area contributed by atoms with Gasteiger partial charge in [0.15, 0.2) is 17.4 Å². The molecule has 0 N–H and O–H groups in total. The van der Waals surface area contributed by atoms with Gasteiger partial charge in [-0.2, -0.15) is 0 Å². The molecule has 0 bridgehead atoms. The van der Waals surface area contributed by atoms with Gasteiger partial charge in [-0.15, -0.1) is 0 Å². The van der Waals surface area contributed by atoms with Gasteiger partial charge in [-0.3, -0.25) is 4.79 Å². The van der Waals surface area contributed by atoms with Gasteiger partial charge in [0, 0.05) is 6.42 Å². The minimum absolute atomic E-state index is 0.000247. The first-order valence-electron chi connectivity index (χ1n) is 4.71. The minimum atomic E-state index is -0.902. The normalized spacial score (nSPS) is 11.6. The highest BCUT2D eigenvalue weighted by atomic mass is 19.2. The van der Waals surface area contributed by atoms with Crippen LogP contribution in [0.5, 0.6) is 0 Å². The van der Waals surface area contributed by atoms with E-state index in [1.54, 1.807) is 19.9 Å². The second-order valence-corrected chi connectivity index (χ2v) is 3.28. The van der Waals surface area contributed by atoms with Crippen molar-refractivity contribution in [1.29, 1.82) is 0 Å². The van der Waals surface area contributed by atoms with Gasteiger partial charge in [-0.25, -0.2) is 8.78 Å². The van der Waals surface area contributed by atoms with Crippen LogP contribution in [0.1, 0.15) is 25.8 Å². The van der Waals surface area contributed by atoms with Crippen LogP contribution in [-0.4, -0.2) is 5.78 Å². The van der Waals surface area contributed by atoms with Crippen LogP contribution < -0.4 is 0 Å². The second kappa shape index (κ2) is 4.82. The summed E-state index contributed by atoms with van der Waals surface area (Å²) in [6.07, 6.45) is 1.96. The Morgan fingerprint density at radius 2 is 2.00 bits per heavy atom. The van der Waals surface area contributed by atoms with Crippen molar-refractivity contribution >= 4 is 11.9 Å². The van der Waals surface area contributed by atoms with Gasteiger partial charge in [0.25, 0.3) is 0 Å². The Labute approximate surface area is 87.4 Å². The molecule has 0 aromatic heterocycles. The van der Waals surface area contributed by atoms with E-state index in [0.29, 0.717) is 17.6 Å². The summed E-state index contributed by atoms with van der Waals surface area (Å²) in [4.78, 5) is 11.2. The zero-order chi connectivity index (χ0) is 11.4. The quantitative estimate of drug-likeness (QED) is 0.699. The molecule has 80 valence electrons. The molecule has 0 radical (unpaired) electrons. The molecule has 0 spiro atoms. The lowest BCUT2D eigenvalue weighted by molar-refractivity contribution is -0.115. The summed E-state index contributed by atoms with van der Waals surface area (Å²) < 4.78 is 25.4. The lowest BCUT2D eigenvalue weighted by atomic mass is 10.1. The van der Waals surface area contributed by atoms with Crippen molar-refractivity contribution in [1.82, 2.24) is 0 Å². The maximum absolute atomic E-state index is 12.8. The number of hydrogen-bond donors (Lipinski definition) is 0. The van der Waals surface area contributed by atoms with E-state index in [4.69, 9.17) is 0 Å². The summed E-state index contributed by atoms with van der Waals surface area (Å²) in [6.45, 7) is 3.41. The fourth-order valence-electron chi connectivity index (χ4n) is 1.21. The predicted molar refractivity (Wildman–Crippen MR) is 55.3 cm³/mol. The van der Waals surface area contributed by atoms with Crippen molar-refractivity contribution in [3.8, 4) is 0 Å². The maximum atomic E-state index is 12.8. The molecule has 3 heteroatoms. The van der Waals surface area contributed by atoms with E-state index in [-0.39, 0.29) is 5.78 Å². The highest BCUT2D eigenvalue weighted by molar-refractivity contribution is 5.98. The van der Waals surface area contributed by atoms with Crippen molar-refractivity contribution < 1.29 is 13.6 Å². The van der Waals surface area contributed by atoms with Crippen LogP contribution in [0.2, 0.25) is 0 Å². The second-order valence-electron chi connectivity index (χ2n) is 3.28. The first-order valence-corrected chi connectivity index (χ1v) is 4.71. The Morgan fingerprint density at radius 1 is 1.33 bits per heavy atom. The average molecular weight is 210 g/mol. The number of carbonyl (C=O) groups excluding carboxylic acids is 1. The predicted octanol–water partition coefficient (Wildman–Crippen LogP) is 3.35. The van der Waals surface area contributed by atoms with E-state index >= 15 is 0 Å². The molecule has 0 atom stereocenters. The van der Waals surface area contributed by atoms with Crippen LogP contribution in [-0.2, 0) is 4.79 Å². The number of hydrogen-bond acceptors (Lipinski definition) is 1. The van der Waals surface area contributed by atoms with Gasteiger partial charge in [0.1, 0.15) is 0 Å². The summed E-state index contributed by atoms with van der Waals surface area (Å²) in [5.74, 6) is -1.79. The smallest absolute Gasteiger partial charge is 0.159 e. The van der Waals surface area contributed by atoms with Gasteiger partial charge in [-0.1, -0.05) is 13.0 Å². The minimum Gasteiger partial charge on any atom is -0.295 e. The summed E-state index contributed by atoms with van der Waals surface area (Å²) in [7, 11) is 0. The first-order chi connectivity index (χ1) is 7.04. The van der Waals surface area contributed by atoms with Crippen molar-refractivity contribution in [3.63, 3.8) is 0 Å². The average Bonchev–Trinajstić information content (AvgIpc) is 2.22. The van der Waals surface area contributed by atoms with Crippen molar-refractivity contribution in [3.05, 3.63) is 41.0 Å². The van der Waals surface area contributed by atoms with Crippen LogP contribution in [0, 0.1) is 11.6 Å². The molecule has 0 heterocycles.